The maximum Gasteiger partial charge on any atom is 0.314 e. The highest BCUT2D eigenvalue weighted by Crippen LogP contribution is 2.14. The molecule has 0 atom stereocenters. The molecule has 0 aromatic rings. The van der Waals surface area contributed by atoms with Crippen LogP contribution in [0.2, 0.25) is 0 Å². The Morgan fingerprint density at radius 3 is 2.31 bits per heavy atom. The molecule has 0 bridgehead atoms. The van der Waals surface area contributed by atoms with Crippen LogP contribution in [0.15, 0.2) is 0 Å². The highest BCUT2D eigenvalue weighted by atomic mass is 16.5. The van der Waals surface area contributed by atoms with Crippen LogP contribution >= 0.6 is 0 Å². The van der Waals surface area contributed by atoms with Gasteiger partial charge in [-0.1, -0.05) is 0 Å². The third-order valence-electron chi connectivity index (χ3n) is 2.02. The minimum atomic E-state index is -0.729. The van der Waals surface area contributed by atoms with Gasteiger partial charge in [-0.15, -0.1) is 0 Å². The molecule has 2 amide bonds. The fraction of sp³-hybridized carbons (Fsp3) is 0.800. The van der Waals surface area contributed by atoms with Crippen LogP contribution in [0.3, 0.4) is 0 Å². The second-order valence-electron chi connectivity index (χ2n) is 3.98. The van der Waals surface area contributed by atoms with Crippen molar-refractivity contribution in [1.82, 2.24) is 10.6 Å². The van der Waals surface area contributed by atoms with Crippen LogP contribution < -0.4 is 10.6 Å². The Balaban J connectivity index is 3.86. The van der Waals surface area contributed by atoms with Gasteiger partial charge in [-0.3, -0.25) is 4.79 Å². The molecule has 0 rings (SSSR count). The van der Waals surface area contributed by atoms with Gasteiger partial charge in [-0.25, -0.2) is 4.79 Å². The van der Waals surface area contributed by atoms with E-state index in [9.17, 15) is 9.59 Å². The minimum absolute atomic E-state index is 0.221. The minimum Gasteiger partial charge on any atom is -0.469 e. The molecule has 2 N–H and O–H groups in total. The number of ether oxygens (including phenoxy) is 2. The lowest BCUT2D eigenvalue weighted by Gasteiger charge is -2.21. The second-order valence-corrected chi connectivity index (χ2v) is 3.98. The Bertz CT molecular complexity index is 241. The maximum atomic E-state index is 11.3. The van der Waals surface area contributed by atoms with Crippen LogP contribution in [-0.4, -0.2) is 45.9 Å². The van der Waals surface area contributed by atoms with E-state index in [-0.39, 0.29) is 18.5 Å². The predicted molar refractivity (Wildman–Crippen MR) is 59.1 cm³/mol. The lowest BCUT2D eigenvalue weighted by atomic mass is 9.94. The molecular weight excluding hydrogens is 212 g/mol. The van der Waals surface area contributed by atoms with Gasteiger partial charge < -0.3 is 20.1 Å². The average molecular weight is 232 g/mol. The molecule has 0 aliphatic carbocycles. The molecule has 0 unspecified atom stereocenters. The van der Waals surface area contributed by atoms with Crippen LogP contribution in [0.1, 0.15) is 13.8 Å². The third-order valence-corrected chi connectivity index (χ3v) is 2.02. The lowest BCUT2D eigenvalue weighted by molar-refractivity contribution is -0.150. The van der Waals surface area contributed by atoms with Crippen molar-refractivity contribution >= 4 is 12.0 Å². The number of hydrogen-bond acceptors (Lipinski definition) is 4. The van der Waals surface area contributed by atoms with E-state index >= 15 is 0 Å². The first-order valence-electron chi connectivity index (χ1n) is 5.03. The van der Waals surface area contributed by atoms with Crippen molar-refractivity contribution in [3.05, 3.63) is 0 Å². The zero-order valence-electron chi connectivity index (χ0n) is 10.3. The highest BCUT2D eigenvalue weighted by Gasteiger charge is 2.28. The summed E-state index contributed by atoms with van der Waals surface area (Å²) in [5.74, 6) is -0.357. The molecule has 0 radical (unpaired) electrons. The van der Waals surface area contributed by atoms with E-state index < -0.39 is 5.41 Å². The molecule has 6 heteroatoms. The summed E-state index contributed by atoms with van der Waals surface area (Å²) in [5.41, 5.74) is -0.729. The first-order valence-corrected chi connectivity index (χ1v) is 5.03. The Labute approximate surface area is 95.7 Å². The monoisotopic (exact) mass is 232 g/mol. The molecule has 0 saturated carbocycles. The fourth-order valence-electron chi connectivity index (χ4n) is 0.979. The van der Waals surface area contributed by atoms with Crippen LogP contribution in [0.5, 0.6) is 0 Å². The van der Waals surface area contributed by atoms with Crippen molar-refractivity contribution in [1.29, 1.82) is 0 Å². The van der Waals surface area contributed by atoms with Crippen molar-refractivity contribution in [2.24, 2.45) is 5.41 Å². The van der Waals surface area contributed by atoms with E-state index in [2.05, 4.69) is 15.4 Å². The van der Waals surface area contributed by atoms with Gasteiger partial charge in [0.15, 0.2) is 0 Å². The lowest BCUT2D eigenvalue weighted by Crippen LogP contribution is -2.44. The third kappa shape index (κ3) is 5.55. The first kappa shape index (κ1) is 14.7. The van der Waals surface area contributed by atoms with Crippen LogP contribution in [-0.2, 0) is 14.3 Å². The zero-order chi connectivity index (χ0) is 12.6. The summed E-state index contributed by atoms with van der Waals surface area (Å²) in [4.78, 5) is 22.5. The van der Waals surface area contributed by atoms with E-state index in [1.54, 1.807) is 21.0 Å². The summed E-state index contributed by atoms with van der Waals surface area (Å²) in [6, 6.07) is -0.325. The van der Waals surface area contributed by atoms with Gasteiger partial charge in [-0.05, 0) is 13.8 Å². The van der Waals surface area contributed by atoms with E-state index in [4.69, 9.17) is 4.74 Å². The van der Waals surface area contributed by atoms with Crippen molar-refractivity contribution in [3.8, 4) is 0 Å². The topological polar surface area (TPSA) is 76.7 Å². The number of esters is 1. The summed E-state index contributed by atoms with van der Waals surface area (Å²) >= 11 is 0. The van der Waals surface area contributed by atoms with Gasteiger partial charge in [0.1, 0.15) is 0 Å². The average Bonchev–Trinajstić information content (AvgIpc) is 2.25. The van der Waals surface area contributed by atoms with Gasteiger partial charge >= 0.3 is 12.0 Å². The molecule has 0 aliphatic heterocycles. The largest absolute Gasteiger partial charge is 0.469 e. The summed E-state index contributed by atoms with van der Waals surface area (Å²) in [5, 5.41) is 5.18. The number of amides is 2. The SMILES string of the molecule is COCCNC(=O)NCC(C)(C)C(=O)OC. The Morgan fingerprint density at radius 2 is 1.81 bits per heavy atom. The number of urea groups is 1. The van der Waals surface area contributed by atoms with Crippen molar-refractivity contribution in [2.75, 3.05) is 33.9 Å². The van der Waals surface area contributed by atoms with E-state index in [0.717, 1.165) is 0 Å². The van der Waals surface area contributed by atoms with E-state index in [0.29, 0.717) is 13.2 Å². The predicted octanol–water partition coefficient (Wildman–Crippen LogP) is 0.131. The molecule has 0 aromatic carbocycles. The molecule has 0 saturated heterocycles. The Morgan fingerprint density at radius 1 is 1.19 bits per heavy atom. The molecule has 0 spiro atoms. The molecule has 0 fully saturated rings. The quantitative estimate of drug-likeness (QED) is 0.504. The summed E-state index contributed by atoms with van der Waals surface area (Å²) in [6.45, 7) is 4.51. The number of rotatable bonds is 6. The van der Waals surface area contributed by atoms with Crippen LogP contribution in [0, 0.1) is 5.41 Å². The number of nitrogens with one attached hydrogen (secondary N) is 2. The van der Waals surface area contributed by atoms with Gasteiger partial charge in [0.05, 0.1) is 19.1 Å². The van der Waals surface area contributed by atoms with Crippen molar-refractivity contribution in [2.45, 2.75) is 13.8 Å². The Kier molecular flexibility index (Phi) is 6.48. The zero-order valence-corrected chi connectivity index (χ0v) is 10.3. The van der Waals surface area contributed by atoms with E-state index in [1.807, 2.05) is 0 Å². The van der Waals surface area contributed by atoms with Gasteiger partial charge in [0, 0.05) is 20.2 Å². The molecule has 0 heterocycles. The number of carbonyl (C=O) groups is 2. The van der Waals surface area contributed by atoms with Gasteiger partial charge in [0.2, 0.25) is 0 Å². The number of methoxy groups -OCH3 is 2. The van der Waals surface area contributed by atoms with Crippen molar-refractivity contribution < 1.29 is 19.1 Å². The van der Waals surface area contributed by atoms with Crippen molar-refractivity contribution in [3.63, 3.8) is 0 Å². The fourth-order valence-corrected chi connectivity index (χ4v) is 0.979. The van der Waals surface area contributed by atoms with Crippen LogP contribution in [0.25, 0.3) is 0 Å². The van der Waals surface area contributed by atoms with Gasteiger partial charge in [0.25, 0.3) is 0 Å². The summed E-state index contributed by atoms with van der Waals surface area (Å²) in [6.07, 6.45) is 0. The highest BCUT2D eigenvalue weighted by molar-refractivity contribution is 5.78. The molecule has 6 nitrogen and oxygen atoms in total. The maximum absolute atomic E-state index is 11.3. The number of hydrogen-bond donors (Lipinski definition) is 2. The summed E-state index contributed by atoms with van der Waals surface area (Å²) < 4.78 is 9.39. The first-order chi connectivity index (χ1) is 7.44. The molecule has 0 aliphatic rings. The molecular formula is C10H20N2O4. The number of carbonyl (C=O) groups excluding carboxylic acids is 2. The van der Waals surface area contributed by atoms with Gasteiger partial charge in [-0.2, -0.15) is 0 Å². The summed E-state index contributed by atoms with van der Waals surface area (Å²) in [7, 11) is 2.88. The molecule has 0 aromatic heterocycles. The smallest absolute Gasteiger partial charge is 0.314 e. The van der Waals surface area contributed by atoms with Crippen LogP contribution in [0.4, 0.5) is 4.79 Å². The Hall–Kier alpha value is -1.30. The standard InChI is InChI=1S/C10H20N2O4/c1-10(2,8(13)16-4)7-12-9(14)11-5-6-15-3/h5-7H2,1-4H3,(H2,11,12,14). The second kappa shape index (κ2) is 7.05. The molecule has 94 valence electrons. The van der Waals surface area contributed by atoms with E-state index in [1.165, 1.54) is 7.11 Å². The normalized spacial score (nSPS) is 10.8. The molecule has 16 heavy (non-hydrogen) atoms.